The Hall–Kier alpha value is -1.19. The molecule has 1 aliphatic rings. The zero-order valence-electron chi connectivity index (χ0n) is 13.6. The van der Waals surface area contributed by atoms with Crippen LogP contribution in [-0.4, -0.2) is 52.5 Å². The van der Waals surface area contributed by atoms with Crippen LogP contribution in [0.2, 0.25) is 0 Å². The number of ether oxygens (including phenoxy) is 1. The number of H-pyrrole nitrogens is 2. The second-order valence-corrected chi connectivity index (χ2v) is 11.0. The molecule has 1 aromatic rings. The molecule has 0 bridgehead atoms. The molecule has 164 valence electrons. The Labute approximate surface area is 164 Å². The number of aliphatic hydroxyl groups is 2. The highest BCUT2D eigenvalue weighted by molar-refractivity contribution is 8.08. The summed E-state index contributed by atoms with van der Waals surface area (Å²) in [5.41, 5.74) is -2.05. The highest BCUT2D eigenvalue weighted by atomic mass is 32.5. The van der Waals surface area contributed by atoms with Crippen molar-refractivity contribution in [3.63, 3.8) is 0 Å². The van der Waals surface area contributed by atoms with Gasteiger partial charge in [0.2, 0.25) is 0 Å². The second-order valence-electron chi connectivity index (χ2n) is 5.18. The van der Waals surface area contributed by atoms with E-state index in [1.807, 2.05) is 4.98 Å². The van der Waals surface area contributed by atoms with Crippen molar-refractivity contribution in [2.24, 2.45) is 0 Å². The van der Waals surface area contributed by atoms with E-state index in [2.05, 4.69) is 29.9 Å². The summed E-state index contributed by atoms with van der Waals surface area (Å²) >= 11 is 4.38. The zero-order chi connectivity index (χ0) is 22.2. The van der Waals surface area contributed by atoms with Gasteiger partial charge in [-0.15, -0.1) is 0 Å². The van der Waals surface area contributed by atoms with Gasteiger partial charge in [0, 0.05) is 6.20 Å². The van der Waals surface area contributed by atoms with Crippen LogP contribution in [0.5, 0.6) is 0 Å². The van der Waals surface area contributed by atoms with Crippen LogP contribution in [0.25, 0.3) is 0 Å². The van der Waals surface area contributed by atoms with Gasteiger partial charge in [-0.05, 0) is 11.8 Å². The maximum Gasteiger partial charge on any atom is 0.488 e. The number of nitrogens with one attached hydrogen (secondary N) is 2. The van der Waals surface area contributed by atoms with Crippen LogP contribution < -0.4 is 11.2 Å². The number of aromatic amines is 2. The number of hydrogen-bond donors (Lipinski definition) is 8. The van der Waals surface area contributed by atoms with Crippen LogP contribution in [0, 0.1) is 0 Å². The minimum absolute atomic E-state index is 0.284. The van der Waals surface area contributed by atoms with E-state index in [4.69, 9.17) is 19.4 Å². The van der Waals surface area contributed by atoms with Crippen LogP contribution in [-0.2, 0) is 38.8 Å². The third-order valence-corrected chi connectivity index (χ3v) is 7.75. The van der Waals surface area contributed by atoms with E-state index in [0.717, 1.165) is 6.20 Å². The molecule has 2 rings (SSSR count). The van der Waals surface area contributed by atoms with Crippen molar-refractivity contribution in [1.82, 2.24) is 9.97 Å². The molecule has 0 aromatic carbocycles. The van der Waals surface area contributed by atoms with Crippen molar-refractivity contribution in [2.45, 2.75) is 12.2 Å². The topological polar surface area (TPSA) is 258 Å². The molecule has 16 nitrogen and oxygen atoms in total. The lowest BCUT2D eigenvalue weighted by Crippen LogP contribution is -2.29. The molecule has 3 unspecified atom stereocenters. The predicted octanol–water partition coefficient (Wildman–Crippen LogP) is -1.28. The molecular weight excluding hydrogens is 485 g/mol. The van der Waals surface area contributed by atoms with Crippen LogP contribution in [0.4, 0.5) is 0 Å². The maximum absolute atomic E-state index is 11.8. The highest BCUT2D eigenvalue weighted by Crippen LogP contribution is 2.66. The molecule has 0 saturated carbocycles. The summed E-state index contributed by atoms with van der Waals surface area (Å²) in [6.07, 6.45) is -2.36. The Morgan fingerprint density at radius 3 is 2.34 bits per heavy atom. The number of aliphatic hydroxyl groups excluding tert-OH is 2. The quantitative estimate of drug-likeness (QED) is 0.194. The largest absolute Gasteiger partial charge is 0.506 e. The van der Waals surface area contributed by atoms with E-state index in [1.165, 1.54) is 0 Å². The van der Waals surface area contributed by atoms with E-state index < -0.39 is 63.9 Å². The summed E-state index contributed by atoms with van der Waals surface area (Å²) < 4.78 is 39.2. The van der Waals surface area contributed by atoms with E-state index in [0.29, 0.717) is 0 Å². The molecule has 8 N–H and O–H groups in total. The molecule has 20 heteroatoms. The third kappa shape index (κ3) is 6.65. The molecule has 1 aromatic heterocycles. The van der Waals surface area contributed by atoms with Crippen molar-refractivity contribution >= 4 is 34.2 Å². The van der Waals surface area contributed by atoms with Gasteiger partial charge >= 0.3 is 28.1 Å². The minimum atomic E-state index is -5.54. The van der Waals surface area contributed by atoms with Crippen LogP contribution >= 0.6 is 22.4 Å². The first-order chi connectivity index (χ1) is 13.1. The van der Waals surface area contributed by atoms with Crippen LogP contribution in [0.1, 0.15) is 11.7 Å². The molecule has 0 aliphatic carbocycles. The van der Waals surface area contributed by atoms with Crippen molar-refractivity contribution in [1.29, 1.82) is 0 Å². The fourth-order valence-electron chi connectivity index (χ4n) is 2.00. The predicted molar refractivity (Wildman–Crippen MR) is 93.7 cm³/mol. The summed E-state index contributed by atoms with van der Waals surface area (Å²) in [6.45, 7) is -5.63. The summed E-state index contributed by atoms with van der Waals surface area (Å²) in [5.74, 6) is -1.42. The molecule has 0 spiro atoms. The molecule has 0 saturated heterocycles. The highest BCUT2D eigenvalue weighted by Gasteiger charge is 2.41. The van der Waals surface area contributed by atoms with Crippen molar-refractivity contribution < 1.29 is 56.8 Å². The maximum atomic E-state index is 11.8. The lowest BCUT2D eigenvalue weighted by molar-refractivity contribution is 0.0319. The van der Waals surface area contributed by atoms with Crippen molar-refractivity contribution in [3.8, 4) is 0 Å². The molecule has 1 aliphatic heterocycles. The average molecular weight is 498 g/mol. The number of phosphoric acid groups is 2. The first-order valence-corrected chi connectivity index (χ1v) is 12.6. The molecular formula is C9H13N2O14P3S. The molecule has 0 amide bonds. The average Bonchev–Trinajstić information content (AvgIpc) is 2.78. The van der Waals surface area contributed by atoms with Gasteiger partial charge < -0.3 is 44.0 Å². The molecule has 29 heavy (non-hydrogen) atoms. The number of aromatic nitrogens is 2. The Balaban J connectivity index is 2.09. The Morgan fingerprint density at radius 1 is 1.17 bits per heavy atom. The molecule has 4 atom stereocenters. The molecule has 0 radical (unpaired) electrons. The SMILES string of the molecule is O=c1[nH]cc([C@@H]2OC(COP(O)(=S)OP(=O)(O)OP(=O)(O)O)=C(O)C2O)c(=O)[nH]1. The van der Waals surface area contributed by atoms with Gasteiger partial charge in [-0.3, -0.25) is 9.78 Å². The van der Waals surface area contributed by atoms with Gasteiger partial charge in [0.15, 0.2) is 23.7 Å². The fourth-order valence-corrected chi connectivity index (χ4v) is 5.89. The lowest BCUT2D eigenvalue weighted by atomic mass is 10.1. The van der Waals surface area contributed by atoms with E-state index in [-0.39, 0.29) is 5.56 Å². The second kappa shape index (κ2) is 8.51. The summed E-state index contributed by atoms with van der Waals surface area (Å²) in [4.78, 5) is 62.6. The number of hydrogen-bond acceptors (Lipinski definition) is 11. The van der Waals surface area contributed by atoms with Crippen molar-refractivity contribution in [3.05, 3.63) is 44.1 Å². The number of rotatable bonds is 8. The van der Waals surface area contributed by atoms with Crippen LogP contribution in [0.15, 0.2) is 27.3 Å². The fraction of sp³-hybridized carbons (Fsp3) is 0.333. The smallest absolute Gasteiger partial charge is 0.488 e. The van der Waals surface area contributed by atoms with E-state index >= 15 is 0 Å². The van der Waals surface area contributed by atoms with Gasteiger partial charge in [0.1, 0.15) is 6.61 Å². The summed E-state index contributed by atoms with van der Waals surface area (Å²) in [5, 5.41) is 19.9. The van der Waals surface area contributed by atoms with Crippen molar-refractivity contribution in [2.75, 3.05) is 6.61 Å². The molecule has 0 fully saturated rings. The Bertz CT molecular complexity index is 1070. The van der Waals surface area contributed by atoms with Gasteiger partial charge in [0.25, 0.3) is 5.56 Å². The summed E-state index contributed by atoms with van der Waals surface area (Å²) in [7, 11) is -11.0. The van der Waals surface area contributed by atoms with Gasteiger partial charge in [-0.1, -0.05) is 0 Å². The minimum Gasteiger partial charge on any atom is -0.506 e. The van der Waals surface area contributed by atoms with E-state index in [9.17, 15) is 33.8 Å². The monoisotopic (exact) mass is 498 g/mol. The first kappa shape index (κ1) is 24.1. The lowest BCUT2D eigenvalue weighted by Gasteiger charge is -2.19. The van der Waals surface area contributed by atoms with E-state index in [1.54, 1.807) is 0 Å². The van der Waals surface area contributed by atoms with Gasteiger partial charge in [-0.25, -0.2) is 18.2 Å². The first-order valence-electron chi connectivity index (χ1n) is 6.97. The zero-order valence-corrected chi connectivity index (χ0v) is 17.1. The summed E-state index contributed by atoms with van der Waals surface area (Å²) in [6, 6.07) is 0. The standard InChI is InChI=1S/C9H13N2O14P3S/c12-5-4(2-22-28(21,29)25-27(19,20)24-26(16,17)18)23-7(6(5)13)3-1-10-9(15)11-8(3)14/h1,6-7,12-13H,2H2,(H,19,20)(H,21,29)(H2,16,17,18)(H2,10,11,14,15)/t6?,7-,28?/m0/s1. The van der Waals surface area contributed by atoms with Gasteiger partial charge in [-0.2, -0.15) is 4.31 Å². The van der Waals surface area contributed by atoms with Crippen LogP contribution in [0.3, 0.4) is 0 Å². The van der Waals surface area contributed by atoms with Gasteiger partial charge in [0.05, 0.1) is 5.56 Å². The normalized spacial score (nSPS) is 24.0. The Morgan fingerprint density at radius 2 is 1.79 bits per heavy atom. The third-order valence-electron chi connectivity index (χ3n) is 3.05. The Kier molecular flexibility index (Phi) is 7.07. The molecule has 2 heterocycles.